The molecule has 2 rings (SSSR count). The fourth-order valence-corrected chi connectivity index (χ4v) is 2.48. The van der Waals surface area contributed by atoms with Gasteiger partial charge in [-0.2, -0.15) is 0 Å². The molecule has 100 valence electrons. The van der Waals surface area contributed by atoms with Crippen LogP contribution in [0, 0.1) is 5.92 Å². The smallest absolute Gasteiger partial charge is 0.150 e. The number of pyridine rings is 1. The Morgan fingerprint density at radius 1 is 1.44 bits per heavy atom. The van der Waals surface area contributed by atoms with Crippen LogP contribution in [0.1, 0.15) is 19.3 Å². The van der Waals surface area contributed by atoms with Crippen molar-refractivity contribution >= 4 is 23.1 Å². The van der Waals surface area contributed by atoms with E-state index in [9.17, 15) is 0 Å². The molecular formula is C13H21ClN4. The number of nitrogens with one attached hydrogen (secondary N) is 1. The van der Waals surface area contributed by atoms with Gasteiger partial charge in [0.1, 0.15) is 5.15 Å². The van der Waals surface area contributed by atoms with Gasteiger partial charge in [0.15, 0.2) is 5.82 Å². The monoisotopic (exact) mass is 268 g/mol. The van der Waals surface area contributed by atoms with Crippen LogP contribution in [0.5, 0.6) is 0 Å². The molecule has 1 fully saturated rings. The first-order chi connectivity index (χ1) is 8.65. The number of rotatable bonds is 4. The van der Waals surface area contributed by atoms with Crippen molar-refractivity contribution in [3.63, 3.8) is 0 Å². The Morgan fingerprint density at radius 3 is 2.89 bits per heavy atom. The molecule has 2 heterocycles. The van der Waals surface area contributed by atoms with Crippen LogP contribution in [0.15, 0.2) is 12.1 Å². The third-order valence-electron chi connectivity index (χ3n) is 3.58. The molecule has 0 amide bonds. The predicted octanol–water partition coefficient (Wildman–Crippen LogP) is 2.46. The van der Waals surface area contributed by atoms with Gasteiger partial charge in [0.2, 0.25) is 0 Å². The van der Waals surface area contributed by atoms with Crippen molar-refractivity contribution < 1.29 is 0 Å². The van der Waals surface area contributed by atoms with Crippen molar-refractivity contribution in [2.24, 2.45) is 5.92 Å². The lowest BCUT2D eigenvalue weighted by molar-refractivity contribution is 0.215. The van der Waals surface area contributed by atoms with Crippen LogP contribution in [-0.2, 0) is 0 Å². The Balaban J connectivity index is 1.76. The van der Waals surface area contributed by atoms with Gasteiger partial charge < -0.3 is 16.0 Å². The van der Waals surface area contributed by atoms with E-state index in [1.165, 1.54) is 32.4 Å². The van der Waals surface area contributed by atoms with Crippen molar-refractivity contribution in [3.8, 4) is 0 Å². The second-order valence-electron chi connectivity index (χ2n) is 5.03. The quantitative estimate of drug-likeness (QED) is 0.824. The molecule has 1 aliphatic rings. The maximum Gasteiger partial charge on any atom is 0.150 e. The van der Waals surface area contributed by atoms with Crippen LogP contribution in [0.25, 0.3) is 0 Å². The minimum atomic E-state index is 0.478. The van der Waals surface area contributed by atoms with E-state index >= 15 is 0 Å². The standard InChI is InChI=1S/C13H21ClN4/c1-18-8-5-10(6-9-18)4-7-16-13-11(15)2-3-12(14)17-13/h2-3,10H,4-9,15H2,1H3,(H,16,17). The number of halogens is 1. The molecule has 0 atom stereocenters. The molecule has 18 heavy (non-hydrogen) atoms. The van der Waals surface area contributed by atoms with Crippen molar-refractivity contribution in [2.75, 3.05) is 37.7 Å². The van der Waals surface area contributed by atoms with Gasteiger partial charge in [0.25, 0.3) is 0 Å². The van der Waals surface area contributed by atoms with Crippen molar-refractivity contribution in [2.45, 2.75) is 19.3 Å². The largest absolute Gasteiger partial charge is 0.396 e. The molecule has 1 saturated heterocycles. The van der Waals surface area contributed by atoms with Crippen LogP contribution in [-0.4, -0.2) is 36.6 Å². The van der Waals surface area contributed by atoms with Gasteiger partial charge >= 0.3 is 0 Å². The van der Waals surface area contributed by atoms with Crippen LogP contribution >= 0.6 is 11.6 Å². The summed E-state index contributed by atoms with van der Waals surface area (Å²) in [7, 11) is 2.19. The minimum absolute atomic E-state index is 0.478. The number of aromatic nitrogens is 1. The molecule has 3 N–H and O–H groups in total. The molecule has 0 spiro atoms. The topological polar surface area (TPSA) is 54.2 Å². The van der Waals surface area contributed by atoms with E-state index in [-0.39, 0.29) is 0 Å². The van der Waals surface area contributed by atoms with E-state index in [0.29, 0.717) is 16.7 Å². The first-order valence-corrected chi connectivity index (χ1v) is 6.87. The van der Waals surface area contributed by atoms with E-state index in [2.05, 4.69) is 22.2 Å². The SMILES string of the molecule is CN1CCC(CCNc2nc(Cl)ccc2N)CC1. The number of nitrogen functional groups attached to an aromatic ring is 1. The normalized spacial score (nSPS) is 17.9. The number of hydrogen-bond donors (Lipinski definition) is 2. The number of likely N-dealkylation sites (tertiary alicyclic amines) is 1. The summed E-state index contributed by atoms with van der Waals surface area (Å²) >= 11 is 5.85. The van der Waals surface area contributed by atoms with Crippen molar-refractivity contribution in [1.82, 2.24) is 9.88 Å². The fourth-order valence-electron chi connectivity index (χ4n) is 2.33. The molecule has 1 aromatic heterocycles. The molecule has 0 saturated carbocycles. The molecular weight excluding hydrogens is 248 g/mol. The van der Waals surface area contributed by atoms with E-state index in [1.807, 2.05) is 0 Å². The van der Waals surface area contributed by atoms with Gasteiger partial charge in [-0.1, -0.05) is 11.6 Å². The lowest BCUT2D eigenvalue weighted by atomic mass is 9.94. The van der Waals surface area contributed by atoms with Crippen LogP contribution < -0.4 is 11.1 Å². The summed E-state index contributed by atoms with van der Waals surface area (Å²) in [5.41, 5.74) is 6.49. The summed E-state index contributed by atoms with van der Waals surface area (Å²) in [6.45, 7) is 3.33. The maximum atomic E-state index is 5.85. The molecule has 0 aromatic carbocycles. The first kappa shape index (κ1) is 13.4. The zero-order valence-corrected chi connectivity index (χ0v) is 11.6. The highest BCUT2D eigenvalue weighted by atomic mass is 35.5. The first-order valence-electron chi connectivity index (χ1n) is 6.49. The minimum Gasteiger partial charge on any atom is -0.396 e. The highest BCUT2D eigenvalue weighted by molar-refractivity contribution is 6.29. The predicted molar refractivity (Wildman–Crippen MR) is 77.0 cm³/mol. The second-order valence-corrected chi connectivity index (χ2v) is 5.42. The molecule has 0 aliphatic carbocycles. The Morgan fingerprint density at radius 2 is 2.17 bits per heavy atom. The van der Waals surface area contributed by atoms with Gasteiger partial charge in [-0.25, -0.2) is 4.98 Å². The summed E-state index contributed by atoms with van der Waals surface area (Å²) in [6, 6.07) is 3.49. The molecule has 0 radical (unpaired) electrons. The molecule has 0 unspecified atom stereocenters. The Labute approximate surface area is 114 Å². The Kier molecular flexibility index (Phi) is 4.66. The van der Waals surface area contributed by atoms with Gasteiger partial charge in [-0.3, -0.25) is 0 Å². The fraction of sp³-hybridized carbons (Fsp3) is 0.615. The number of nitrogens with two attached hydrogens (primary N) is 1. The summed E-state index contributed by atoms with van der Waals surface area (Å²) in [6.07, 6.45) is 3.74. The summed E-state index contributed by atoms with van der Waals surface area (Å²) in [5.74, 6) is 1.52. The summed E-state index contributed by atoms with van der Waals surface area (Å²) in [4.78, 5) is 6.58. The number of hydrogen-bond acceptors (Lipinski definition) is 4. The Bertz CT molecular complexity index is 389. The highest BCUT2D eigenvalue weighted by Crippen LogP contribution is 2.21. The highest BCUT2D eigenvalue weighted by Gasteiger charge is 2.16. The second kappa shape index (κ2) is 6.25. The van der Waals surface area contributed by atoms with Gasteiger partial charge in [0.05, 0.1) is 5.69 Å². The molecule has 0 bridgehead atoms. The number of piperidine rings is 1. The maximum absolute atomic E-state index is 5.85. The van der Waals surface area contributed by atoms with Crippen molar-refractivity contribution in [3.05, 3.63) is 17.3 Å². The third-order valence-corrected chi connectivity index (χ3v) is 3.79. The van der Waals surface area contributed by atoms with E-state index in [0.717, 1.165) is 12.5 Å². The lowest BCUT2D eigenvalue weighted by Gasteiger charge is -2.28. The molecule has 1 aromatic rings. The van der Waals surface area contributed by atoms with Gasteiger partial charge in [-0.15, -0.1) is 0 Å². The molecule has 4 nitrogen and oxygen atoms in total. The zero-order valence-electron chi connectivity index (χ0n) is 10.8. The Hall–Kier alpha value is -1.00. The van der Waals surface area contributed by atoms with Crippen LogP contribution in [0.3, 0.4) is 0 Å². The average Bonchev–Trinajstić information content (AvgIpc) is 2.36. The van der Waals surface area contributed by atoms with E-state index < -0.39 is 0 Å². The van der Waals surface area contributed by atoms with Crippen LogP contribution in [0.4, 0.5) is 11.5 Å². The van der Waals surface area contributed by atoms with Gasteiger partial charge in [-0.05, 0) is 57.5 Å². The molecule has 1 aliphatic heterocycles. The lowest BCUT2D eigenvalue weighted by Crippen LogP contribution is -2.30. The van der Waals surface area contributed by atoms with Crippen molar-refractivity contribution in [1.29, 1.82) is 0 Å². The summed E-state index contributed by atoms with van der Waals surface area (Å²) in [5, 5.41) is 3.76. The number of nitrogens with zero attached hydrogens (tertiary/aromatic N) is 2. The van der Waals surface area contributed by atoms with E-state index in [4.69, 9.17) is 17.3 Å². The third kappa shape index (κ3) is 3.75. The average molecular weight is 269 g/mol. The van der Waals surface area contributed by atoms with Crippen LogP contribution in [0.2, 0.25) is 5.15 Å². The zero-order chi connectivity index (χ0) is 13.0. The number of anilines is 2. The molecule has 5 heteroatoms. The summed E-state index contributed by atoms with van der Waals surface area (Å²) < 4.78 is 0. The van der Waals surface area contributed by atoms with E-state index in [1.54, 1.807) is 12.1 Å². The van der Waals surface area contributed by atoms with Gasteiger partial charge in [0, 0.05) is 6.54 Å².